The molecule has 0 spiro atoms. The van der Waals surface area contributed by atoms with E-state index in [9.17, 15) is 24.6 Å². The van der Waals surface area contributed by atoms with E-state index in [0.717, 1.165) is 6.07 Å². The van der Waals surface area contributed by atoms with Crippen molar-refractivity contribution in [1.82, 2.24) is 0 Å². The molecule has 0 bridgehead atoms. The van der Waals surface area contributed by atoms with E-state index in [4.69, 9.17) is 4.74 Å². The minimum atomic E-state index is -0.917. The first-order valence-corrected chi connectivity index (χ1v) is 8.55. The van der Waals surface area contributed by atoms with Gasteiger partial charge in [0.15, 0.2) is 17.7 Å². The Morgan fingerprint density at radius 2 is 1.50 bits per heavy atom. The van der Waals surface area contributed by atoms with Crippen LogP contribution in [0.1, 0.15) is 59.4 Å². The molecule has 1 aliphatic heterocycles. The molecule has 0 saturated heterocycles. The summed E-state index contributed by atoms with van der Waals surface area (Å²) in [6.45, 7) is 0. The van der Waals surface area contributed by atoms with Crippen LogP contribution in [0.15, 0.2) is 54.6 Å². The predicted molar refractivity (Wildman–Crippen MR) is 96.8 cm³/mol. The van der Waals surface area contributed by atoms with Gasteiger partial charge in [0.2, 0.25) is 0 Å². The van der Waals surface area contributed by atoms with Crippen LogP contribution < -0.4 is 0 Å². The molecule has 1 aliphatic carbocycles. The fourth-order valence-corrected chi connectivity index (χ4v) is 3.87. The smallest absolute Gasteiger partial charge is 0.343 e. The molecule has 0 fully saturated rings. The summed E-state index contributed by atoms with van der Waals surface area (Å²) in [5.74, 6) is -2.28. The monoisotopic (exact) mass is 372 g/mol. The molecule has 1 heterocycles. The molecule has 0 radical (unpaired) electrons. The average Bonchev–Trinajstić information content (AvgIpc) is 3.04. The summed E-state index contributed by atoms with van der Waals surface area (Å²) >= 11 is 0. The first-order valence-electron chi connectivity index (χ1n) is 8.55. The zero-order valence-electron chi connectivity index (χ0n) is 14.3. The van der Waals surface area contributed by atoms with Gasteiger partial charge in [-0.3, -0.25) is 9.59 Å². The van der Waals surface area contributed by atoms with E-state index in [1.165, 1.54) is 18.2 Å². The number of phenolic OH excluding ortho intramolecular Hbond substituents is 2. The van der Waals surface area contributed by atoms with Crippen molar-refractivity contribution in [3.05, 3.63) is 93.5 Å². The van der Waals surface area contributed by atoms with Gasteiger partial charge in [0.05, 0.1) is 0 Å². The molecule has 5 rings (SSSR count). The summed E-state index contributed by atoms with van der Waals surface area (Å²) in [5, 5.41) is 20.2. The van der Waals surface area contributed by atoms with E-state index in [2.05, 4.69) is 0 Å². The molecular formula is C22H12O6. The van der Waals surface area contributed by atoms with Crippen LogP contribution in [0.4, 0.5) is 0 Å². The molecule has 3 aromatic rings. The van der Waals surface area contributed by atoms with Crippen LogP contribution in [0.5, 0.6) is 11.5 Å². The normalized spacial score (nSPS) is 17.0. The number of rotatable bonds is 1. The standard InChI is InChI=1S/C22H12O6/c23-11-6-7-12-13(8-11)20(26)16-14(19(12)25)9-15(24)17-18(16)21(28-22(17)27)10-4-2-1-3-5-10/h1-9,21,23-24H. The minimum absolute atomic E-state index is 0.0127. The highest BCUT2D eigenvalue weighted by atomic mass is 16.5. The highest BCUT2D eigenvalue weighted by Gasteiger charge is 2.43. The second kappa shape index (κ2) is 5.53. The molecule has 1 unspecified atom stereocenters. The number of fused-ring (bicyclic) bond motifs is 4. The van der Waals surface area contributed by atoms with E-state index >= 15 is 0 Å². The SMILES string of the molecule is O=C1c2ccc(O)cc2C(=O)c2c1cc(O)c1c2C(c2ccccc2)OC1=O. The Bertz CT molecular complexity index is 1210. The van der Waals surface area contributed by atoms with E-state index in [-0.39, 0.29) is 39.1 Å². The predicted octanol–water partition coefficient (Wildman–Crippen LogP) is 3.13. The Balaban J connectivity index is 1.83. The summed E-state index contributed by atoms with van der Waals surface area (Å²) in [4.78, 5) is 38.6. The second-order valence-electron chi connectivity index (χ2n) is 6.69. The number of ketones is 2. The molecule has 6 heteroatoms. The maximum atomic E-state index is 13.2. The average molecular weight is 372 g/mol. The van der Waals surface area contributed by atoms with Crippen molar-refractivity contribution in [3.63, 3.8) is 0 Å². The van der Waals surface area contributed by atoms with Crippen LogP contribution in [0.2, 0.25) is 0 Å². The molecule has 0 saturated carbocycles. The maximum absolute atomic E-state index is 13.2. The Kier molecular flexibility index (Phi) is 3.21. The molecule has 0 amide bonds. The van der Waals surface area contributed by atoms with Crippen molar-refractivity contribution in [3.8, 4) is 11.5 Å². The summed E-state index contributed by atoms with van der Waals surface area (Å²) in [7, 11) is 0. The van der Waals surface area contributed by atoms with Gasteiger partial charge in [-0.05, 0) is 29.8 Å². The van der Waals surface area contributed by atoms with Crippen LogP contribution >= 0.6 is 0 Å². The van der Waals surface area contributed by atoms with Crippen LogP contribution in [0.3, 0.4) is 0 Å². The van der Waals surface area contributed by atoms with Gasteiger partial charge >= 0.3 is 5.97 Å². The van der Waals surface area contributed by atoms with E-state index < -0.39 is 29.4 Å². The number of hydrogen-bond donors (Lipinski definition) is 2. The Hall–Kier alpha value is -3.93. The van der Waals surface area contributed by atoms with Crippen LogP contribution in [0, 0.1) is 0 Å². The number of phenols is 2. The van der Waals surface area contributed by atoms with Gasteiger partial charge in [0, 0.05) is 27.8 Å². The molecule has 1 atom stereocenters. The van der Waals surface area contributed by atoms with Crippen molar-refractivity contribution in [2.24, 2.45) is 0 Å². The molecule has 2 aliphatic rings. The molecular weight excluding hydrogens is 360 g/mol. The van der Waals surface area contributed by atoms with Crippen molar-refractivity contribution in [2.75, 3.05) is 0 Å². The van der Waals surface area contributed by atoms with Gasteiger partial charge in [-0.25, -0.2) is 4.79 Å². The molecule has 28 heavy (non-hydrogen) atoms. The second-order valence-corrected chi connectivity index (χ2v) is 6.69. The van der Waals surface area contributed by atoms with Gasteiger partial charge in [-0.1, -0.05) is 30.3 Å². The van der Waals surface area contributed by atoms with Crippen molar-refractivity contribution in [2.45, 2.75) is 6.10 Å². The summed E-state index contributed by atoms with van der Waals surface area (Å²) in [6, 6.07) is 13.8. The van der Waals surface area contributed by atoms with Crippen molar-refractivity contribution in [1.29, 1.82) is 0 Å². The largest absolute Gasteiger partial charge is 0.508 e. The van der Waals surface area contributed by atoms with Gasteiger partial charge in [0.25, 0.3) is 0 Å². The Morgan fingerprint density at radius 3 is 2.25 bits per heavy atom. The van der Waals surface area contributed by atoms with Gasteiger partial charge in [-0.15, -0.1) is 0 Å². The number of hydrogen-bond acceptors (Lipinski definition) is 6. The number of esters is 1. The van der Waals surface area contributed by atoms with E-state index in [1.807, 2.05) is 0 Å². The van der Waals surface area contributed by atoms with Crippen LogP contribution in [-0.4, -0.2) is 27.7 Å². The first kappa shape index (κ1) is 16.3. The third-order valence-corrected chi connectivity index (χ3v) is 5.10. The van der Waals surface area contributed by atoms with Gasteiger partial charge in [0.1, 0.15) is 17.1 Å². The zero-order chi connectivity index (χ0) is 19.6. The van der Waals surface area contributed by atoms with Crippen LogP contribution in [0.25, 0.3) is 0 Å². The minimum Gasteiger partial charge on any atom is -0.508 e. The highest BCUT2D eigenvalue weighted by molar-refractivity contribution is 6.30. The van der Waals surface area contributed by atoms with Crippen molar-refractivity contribution >= 4 is 17.5 Å². The number of aromatic hydroxyl groups is 2. The third kappa shape index (κ3) is 2.05. The third-order valence-electron chi connectivity index (χ3n) is 5.10. The summed E-state index contributed by atoms with van der Waals surface area (Å²) < 4.78 is 5.45. The van der Waals surface area contributed by atoms with Gasteiger partial charge in [-0.2, -0.15) is 0 Å². The number of benzene rings is 3. The summed E-state index contributed by atoms with van der Waals surface area (Å²) in [5.41, 5.74) is 0.905. The first-order chi connectivity index (χ1) is 13.5. The lowest BCUT2D eigenvalue weighted by Gasteiger charge is -2.22. The quantitative estimate of drug-likeness (QED) is 0.498. The zero-order valence-corrected chi connectivity index (χ0v) is 14.3. The maximum Gasteiger partial charge on any atom is 0.343 e. The Labute approximate surface area is 158 Å². The fraction of sp³-hybridized carbons (Fsp3) is 0.0455. The number of carbonyl (C=O) groups excluding carboxylic acids is 3. The van der Waals surface area contributed by atoms with Gasteiger partial charge < -0.3 is 14.9 Å². The molecule has 0 aromatic heterocycles. The van der Waals surface area contributed by atoms with E-state index in [0.29, 0.717) is 5.56 Å². The number of cyclic esters (lactones) is 1. The van der Waals surface area contributed by atoms with E-state index in [1.54, 1.807) is 30.3 Å². The lowest BCUT2D eigenvalue weighted by molar-refractivity contribution is 0.0452. The van der Waals surface area contributed by atoms with Crippen molar-refractivity contribution < 1.29 is 29.3 Å². The Morgan fingerprint density at radius 1 is 0.750 bits per heavy atom. The topological polar surface area (TPSA) is 101 Å². The molecule has 6 nitrogen and oxygen atoms in total. The lowest BCUT2D eigenvalue weighted by atomic mass is 9.78. The lowest BCUT2D eigenvalue weighted by Crippen LogP contribution is -2.23. The number of carbonyl (C=O) groups is 3. The summed E-state index contributed by atoms with van der Waals surface area (Å²) in [6.07, 6.45) is -0.917. The number of ether oxygens (including phenoxy) is 1. The molecule has 136 valence electrons. The molecule has 3 aromatic carbocycles. The molecule has 2 N–H and O–H groups in total. The fourth-order valence-electron chi connectivity index (χ4n) is 3.87. The highest BCUT2D eigenvalue weighted by Crippen LogP contribution is 2.46. The van der Waals surface area contributed by atoms with Crippen LogP contribution in [-0.2, 0) is 4.74 Å².